The lowest BCUT2D eigenvalue weighted by Crippen LogP contribution is -2.37. The molecule has 0 N–H and O–H groups in total. The summed E-state index contributed by atoms with van der Waals surface area (Å²) in [6.45, 7) is 1.37. The third-order valence-corrected chi connectivity index (χ3v) is 1.32. The Balaban J connectivity index is 3.77. The highest BCUT2D eigenvalue weighted by atomic mass is 19.4. The van der Waals surface area contributed by atoms with E-state index in [1.165, 1.54) is 0 Å². The van der Waals surface area contributed by atoms with Gasteiger partial charge in [0.25, 0.3) is 0 Å². The van der Waals surface area contributed by atoms with Gasteiger partial charge in [-0.3, -0.25) is 0 Å². The topological polar surface area (TPSA) is 9.23 Å². The minimum absolute atomic E-state index is 0.202. The smallest absolute Gasteiger partial charge is 0.381 e. The zero-order chi connectivity index (χ0) is 10.5. The average molecular weight is 206 g/mol. The van der Waals surface area contributed by atoms with Crippen LogP contribution in [-0.4, -0.2) is 25.3 Å². The summed E-state index contributed by atoms with van der Waals surface area (Å²) in [5, 5.41) is 0. The summed E-state index contributed by atoms with van der Waals surface area (Å²) in [6.07, 6.45) is -6.18. The van der Waals surface area contributed by atoms with Crippen LogP contribution in [0, 0.1) is 0 Å². The van der Waals surface area contributed by atoms with Gasteiger partial charge in [-0.25, -0.2) is 0 Å². The summed E-state index contributed by atoms with van der Waals surface area (Å²) in [7, 11) is 0. The molecule has 0 heterocycles. The van der Waals surface area contributed by atoms with E-state index in [1.807, 2.05) is 0 Å². The van der Waals surface area contributed by atoms with Crippen LogP contribution in [0.3, 0.4) is 0 Å². The monoisotopic (exact) mass is 206 g/mol. The van der Waals surface area contributed by atoms with Gasteiger partial charge in [-0.15, -0.1) is 0 Å². The zero-order valence-corrected chi connectivity index (χ0v) is 7.13. The molecule has 0 saturated carbocycles. The number of alkyl halides is 5. The fourth-order valence-corrected chi connectivity index (χ4v) is 0.588. The Labute approximate surface area is 72.9 Å². The normalized spacial score (nSPS) is 13.4. The molecule has 0 aromatic rings. The molecule has 0 rings (SSSR count). The second-order valence-corrected chi connectivity index (χ2v) is 2.56. The van der Waals surface area contributed by atoms with Gasteiger partial charge >= 0.3 is 12.1 Å². The molecule has 0 spiro atoms. The summed E-state index contributed by atoms with van der Waals surface area (Å²) in [5.74, 6) is -4.64. The number of halogens is 5. The molecule has 80 valence electrons. The van der Waals surface area contributed by atoms with E-state index in [1.54, 1.807) is 6.92 Å². The van der Waals surface area contributed by atoms with Gasteiger partial charge in [0.05, 0.1) is 6.61 Å². The van der Waals surface area contributed by atoms with Gasteiger partial charge < -0.3 is 4.74 Å². The average Bonchev–Trinajstić information content (AvgIpc) is 1.96. The Morgan fingerprint density at radius 2 is 1.54 bits per heavy atom. The quantitative estimate of drug-likeness (QED) is 0.496. The third-order valence-electron chi connectivity index (χ3n) is 1.32. The van der Waals surface area contributed by atoms with Gasteiger partial charge in [0.2, 0.25) is 0 Å². The lowest BCUT2D eigenvalue weighted by Gasteiger charge is -2.19. The molecule has 13 heavy (non-hydrogen) atoms. The first-order valence-electron chi connectivity index (χ1n) is 3.83. The van der Waals surface area contributed by atoms with Crippen molar-refractivity contribution in [2.75, 3.05) is 13.2 Å². The van der Waals surface area contributed by atoms with Crippen molar-refractivity contribution in [1.29, 1.82) is 0 Å². The molecule has 0 saturated heterocycles. The van der Waals surface area contributed by atoms with Crippen LogP contribution in [0.1, 0.15) is 19.8 Å². The van der Waals surface area contributed by atoms with Gasteiger partial charge in [-0.1, -0.05) is 6.92 Å². The molecule has 0 bridgehead atoms. The van der Waals surface area contributed by atoms with Crippen molar-refractivity contribution in [3.05, 3.63) is 0 Å². The SMILES string of the molecule is CCCOCCC(F)(F)C(F)(F)F. The maximum atomic E-state index is 12.2. The second-order valence-electron chi connectivity index (χ2n) is 2.56. The summed E-state index contributed by atoms with van der Waals surface area (Å²) in [5.41, 5.74) is 0. The van der Waals surface area contributed by atoms with E-state index >= 15 is 0 Å². The second kappa shape index (κ2) is 4.74. The maximum absolute atomic E-state index is 12.2. The van der Waals surface area contributed by atoms with Crippen molar-refractivity contribution in [2.45, 2.75) is 31.9 Å². The highest BCUT2D eigenvalue weighted by molar-refractivity contribution is 4.74. The molecule has 0 aromatic heterocycles. The molecule has 1 nitrogen and oxygen atoms in total. The molecule has 0 fully saturated rings. The van der Waals surface area contributed by atoms with Crippen LogP contribution in [0.25, 0.3) is 0 Å². The van der Waals surface area contributed by atoms with Crippen LogP contribution in [0.2, 0.25) is 0 Å². The van der Waals surface area contributed by atoms with Crippen LogP contribution < -0.4 is 0 Å². The van der Waals surface area contributed by atoms with Gasteiger partial charge in [-0.2, -0.15) is 22.0 Å². The Kier molecular flexibility index (Phi) is 4.60. The van der Waals surface area contributed by atoms with Gasteiger partial charge in [0, 0.05) is 13.0 Å². The first kappa shape index (κ1) is 12.6. The highest BCUT2D eigenvalue weighted by Gasteiger charge is 2.56. The standard InChI is InChI=1S/C7H11F5O/c1-2-4-13-5-3-6(8,9)7(10,11)12/h2-5H2,1H3. The highest BCUT2D eigenvalue weighted by Crippen LogP contribution is 2.37. The number of hydrogen-bond acceptors (Lipinski definition) is 1. The summed E-state index contributed by atoms with van der Waals surface area (Å²) >= 11 is 0. The molecular formula is C7H11F5O. The predicted molar refractivity (Wildman–Crippen MR) is 36.7 cm³/mol. The van der Waals surface area contributed by atoms with Gasteiger partial charge in [0.15, 0.2) is 0 Å². The van der Waals surface area contributed by atoms with Crippen LogP contribution in [0.4, 0.5) is 22.0 Å². The van der Waals surface area contributed by atoms with Crippen molar-refractivity contribution in [3.8, 4) is 0 Å². The van der Waals surface area contributed by atoms with E-state index in [9.17, 15) is 22.0 Å². The maximum Gasteiger partial charge on any atom is 0.453 e. The van der Waals surface area contributed by atoms with Gasteiger partial charge in [0.1, 0.15) is 0 Å². The molecule has 0 atom stereocenters. The molecule has 0 aromatic carbocycles. The van der Waals surface area contributed by atoms with Crippen molar-refractivity contribution in [3.63, 3.8) is 0 Å². The minimum Gasteiger partial charge on any atom is -0.381 e. The Morgan fingerprint density at radius 3 is 1.92 bits per heavy atom. The zero-order valence-electron chi connectivity index (χ0n) is 7.13. The molecular weight excluding hydrogens is 195 g/mol. The van der Waals surface area contributed by atoms with Gasteiger partial charge in [-0.05, 0) is 6.42 Å². The third kappa shape index (κ3) is 4.40. The molecule has 0 aliphatic heterocycles. The minimum atomic E-state index is -5.47. The van der Waals surface area contributed by atoms with Crippen LogP contribution in [-0.2, 0) is 4.74 Å². The summed E-state index contributed by atoms with van der Waals surface area (Å²) < 4.78 is 63.5. The van der Waals surface area contributed by atoms with Crippen molar-refractivity contribution in [1.82, 2.24) is 0 Å². The molecule has 0 aliphatic carbocycles. The first-order chi connectivity index (χ1) is 5.81. The van der Waals surface area contributed by atoms with E-state index in [-0.39, 0.29) is 6.61 Å². The predicted octanol–water partition coefficient (Wildman–Crippen LogP) is 3.00. The largest absolute Gasteiger partial charge is 0.453 e. The van der Waals surface area contributed by atoms with Crippen LogP contribution >= 0.6 is 0 Å². The van der Waals surface area contributed by atoms with E-state index < -0.39 is 25.1 Å². The fourth-order valence-electron chi connectivity index (χ4n) is 0.588. The summed E-state index contributed by atoms with van der Waals surface area (Å²) in [4.78, 5) is 0. The Bertz CT molecular complexity index is 142. The van der Waals surface area contributed by atoms with E-state index in [0.717, 1.165) is 0 Å². The molecule has 0 unspecified atom stereocenters. The lowest BCUT2D eigenvalue weighted by atomic mass is 10.2. The first-order valence-corrected chi connectivity index (χ1v) is 3.83. The van der Waals surface area contributed by atoms with Crippen LogP contribution in [0.15, 0.2) is 0 Å². The molecule has 0 aliphatic rings. The van der Waals surface area contributed by atoms with Crippen LogP contribution in [0.5, 0.6) is 0 Å². The Morgan fingerprint density at radius 1 is 1.00 bits per heavy atom. The lowest BCUT2D eigenvalue weighted by molar-refractivity contribution is -0.286. The van der Waals surface area contributed by atoms with Crippen molar-refractivity contribution in [2.24, 2.45) is 0 Å². The molecule has 0 radical (unpaired) electrons. The number of rotatable bonds is 5. The number of ether oxygens (including phenoxy) is 1. The van der Waals surface area contributed by atoms with Crippen molar-refractivity contribution >= 4 is 0 Å². The van der Waals surface area contributed by atoms with E-state index in [4.69, 9.17) is 0 Å². The van der Waals surface area contributed by atoms with E-state index in [0.29, 0.717) is 6.42 Å². The van der Waals surface area contributed by atoms with Crippen molar-refractivity contribution < 1.29 is 26.7 Å². The Hall–Kier alpha value is -0.390. The number of hydrogen-bond donors (Lipinski definition) is 0. The van der Waals surface area contributed by atoms with E-state index in [2.05, 4.69) is 4.74 Å². The molecule has 6 heteroatoms. The fraction of sp³-hybridized carbons (Fsp3) is 1.00. The molecule has 0 amide bonds. The summed E-state index contributed by atoms with van der Waals surface area (Å²) in [6, 6.07) is 0.